The van der Waals surface area contributed by atoms with Gasteiger partial charge in [0.25, 0.3) is 0 Å². The van der Waals surface area contributed by atoms with E-state index in [-0.39, 0.29) is 29.9 Å². The molecule has 1 amide bonds. The third-order valence-electron chi connectivity index (χ3n) is 3.71. The minimum atomic E-state index is -2.96. The standard InChI is InChI=1S/C15H28N4O3S/c1-4-5-6-10-19(3)15(16-2)17-9-7-14(20)18-13-8-11-23(21,22)12-13/h4,13H,1,5-12H2,2-3H3,(H,16,17)(H,18,20). The van der Waals surface area contributed by atoms with Crippen LogP contribution in [0.5, 0.6) is 0 Å². The minimum absolute atomic E-state index is 0.0554. The average molecular weight is 344 g/mol. The summed E-state index contributed by atoms with van der Waals surface area (Å²) in [5, 5.41) is 5.91. The summed E-state index contributed by atoms with van der Waals surface area (Å²) in [4.78, 5) is 18.0. The number of amides is 1. The zero-order valence-corrected chi connectivity index (χ0v) is 14.9. The Labute approximate surface area is 139 Å². The summed E-state index contributed by atoms with van der Waals surface area (Å²) in [6.07, 6.45) is 4.63. The molecule has 0 bridgehead atoms. The number of hydrogen-bond donors (Lipinski definition) is 2. The fourth-order valence-electron chi connectivity index (χ4n) is 2.46. The molecule has 1 aliphatic heterocycles. The van der Waals surface area contributed by atoms with Gasteiger partial charge in [-0.2, -0.15) is 0 Å². The van der Waals surface area contributed by atoms with Crippen molar-refractivity contribution >= 4 is 21.7 Å². The third kappa shape index (κ3) is 7.49. The Hall–Kier alpha value is -1.57. The number of sulfone groups is 1. The molecular formula is C15H28N4O3S. The SMILES string of the molecule is C=CCCCN(C)C(=NC)NCCC(=O)NC1CCS(=O)(=O)C1. The molecule has 0 aromatic carbocycles. The number of nitrogens with zero attached hydrogens (tertiary/aromatic N) is 2. The van der Waals surface area contributed by atoms with Crippen molar-refractivity contribution in [2.24, 2.45) is 4.99 Å². The van der Waals surface area contributed by atoms with Crippen molar-refractivity contribution < 1.29 is 13.2 Å². The quantitative estimate of drug-likeness (QED) is 0.283. The summed E-state index contributed by atoms with van der Waals surface area (Å²) in [5.41, 5.74) is 0. The van der Waals surface area contributed by atoms with Crippen molar-refractivity contribution in [2.75, 3.05) is 38.7 Å². The number of rotatable bonds is 8. The largest absolute Gasteiger partial charge is 0.356 e. The molecular weight excluding hydrogens is 316 g/mol. The summed E-state index contributed by atoms with van der Waals surface area (Å²) in [6.45, 7) is 5.02. The van der Waals surface area contributed by atoms with Gasteiger partial charge in [-0.25, -0.2) is 8.42 Å². The third-order valence-corrected chi connectivity index (χ3v) is 5.48. The van der Waals surface area contributed by atoms with Crippen LogP contribution in [-0.2, 0) is 14.6 Å². The lowest BCUT2D eigenvalue weighted by Gasteiger charge is -2.21. The molecule has 1 saturated heterocycles. The molecule has 0 spiro atoms. The van der Waals surface area contributed by atoms with Gasteiger partial charge in [-0.15, -0.1) is 6.58 Å². The van der Waals surface area contributed by atoms with E-state index in [0.29, 0.717) is 13.0 Å². The van der Waals surface area contributed by atoms with Crippen molar-refractivity contribution in [2.45, 2.75) is 31.7 Å². The summed E-state index contributed by atoms with van der Waals surface area (Å²) >= 11 is 0. The van der Waals surface area contributed by atoms with Crippen LogP contribution in [0.1, 0.15) is 25.7 Å². The second-order valence-corrected chi connectivity index (χ2v) is 7.97. The summed E-state index contributed by atoms with van der Waals surface area (Å²) in [7, 11) is 0.686. The Morgan fingerprint density at radius 2 is 2.22 bits per heavy atom. The van der Waals surface area contributed by atoms with Crippen LogP contribution in [0, 0.1) is 0 Å². The number of unbranched alkanes of at least 4 members (excludes halogenated alkanes) is 1. The van der Waals surface area contributed by atoms with E-state index in [1.807, 2.05) is 18.0 Å². The molecule has 1 heterocycles. The molecule has 0 aromatic heterocycles. The molecule has 1 fully saturated rings. The molecule has 0 aromatic rings. The second-order valence-electron chi connectivity index (χ2n) is 5.74. The predicted molar refractivity (Wildman–Crippen MR) is 93.2 cm³/mol. The van der Waals surface area contributed by atoms with E-state index < -0.39 is 9.84 Å². The number of nitrogens with one attached hydrogen (secondary N) is 2. The fraction of sp³-hybridized carbons (Fsp3) is 0.733. The van der Waals surface area contributed by atoms with Gasteiger partial charge in [0.15, 0.2) is 15.8 Å². The lowest BCUT2D eigenvalue weighted by atomic mass is 10.2. The molecule has 1 aliphatic rings. The molecule has 1 rings (SSSR count). The molecule has 8 heteroatoms. The first-order valence-electron chi connectivity index (χ1n) is 7.90. The first-order valence-corrected chi connectivity index (χ1v) is 9.72. The van der Waals surface area contributed by atoms with Crippen LogP contribution in [0.3, 0.4) is 0 Å². The Morgan fingerprint density at radius 1 is 1.48 bits per heavy atom. The van der Waals surface area contributed by atoms with Gasteiger partial charge in [-0.05, 0) is 19.3 Å². The fourth-order valence-corrected chi connectivity index (χ4v) is 4.13. The van der Waals surface area contributed by atoms with Gasteiger partial charge in [0.1, 0.15) is 0 Å². The minimum Gasteiger partial charge on any atom is -0.356 e. The predicted octanol–water partition coefficient (Wildman–Crippen LogP) is 0.153. The number of carbonyl (C=O) groups excluding carboxylic acids is 1. The lowest BCUT2D eigenvalue weighted by molar-refractivity contribution is -0.121. The highest BCUT2D eigenvalue weighted by Crippen LogP contribution is 2.11. The number of allylic oxidation sites excluding steroid dienone is 1. The first-order chi connectivity index (χ1) is 10.9. The maximum absolute atomic E-state index is 11.9. The highest BCUT2D eigenvalue weighted by atomic mass is 32.2. The van der Waals surface area contributed by atoms with E-state index in [4.69, 9.17) is 0 Å². The number of hydrogen-bond acceptors (Lipinski definition) is 4. The van der Waals surface area contributed by atoms with Crippen LogP contribution >= 0.6 is 0 Å². The molecule has 0 saturated carbocycles. The highest BCUT2D eigenvalue weighted by molar-refractivity contribution is 7.91. The molecule has 7 nitrogen and oxygen atoms in total. The van der Waals surface area contributed by atoms with E-state index in [0.717, 1.165) is 25.3 Å². The highest BCUT2D eigenvalue weighted by Gasteiger charge is 2.28. The average Bonchev–Trinajstić information content (AvgIpc) is 2.82. The molecule has 0 radical (unpaired) electrons. The van der Waals surface area contributed by atoms with Crippen LogP contribution in [0.4, 0.5) is 0 Å². The lowest BCUT2D eigenvalue weighted by Crippen LogP contribution is -2.42. The van der Waals surface area contributed by atoms with Crippen molar-refractivity contribution in [1.82, 2.24) is 15.5 Å². The monoisotopic (exact) mass is 344 g/mol. The molecule has 2 N–H and O–H groups in total. The zero-order valence-electron chi connectivity index (χ0n) is 14.0. The Kier molecular flexibility index (Phi) is 8.08. The van der Waals surface area contributed by atoms with Gasteiger partial charge in [0.2, 0.25) is 5.91 Å². The van der Waals surface area contributed by atoms with E-state index in [1.165, 1.54) is 0 Å². The number of guanidine groups is 1. The van der Waals surface area contributed by atoms with Gasteiger partial charge in [0, 0.05) is 39.6 Å². The van der Waals surface area contributed by atoms with Crippen molar-refractivity contribution in [1.29, 1.82) is 0 Å². The molecule has 1 atom stereocenters. The Morgan fingerprint density at radius 3 is 2.78 bits per heavy atom. The van der Waals surface area contributed by atoms with Crippen LogP contribution in [0.15, 0.2) is 17.6 Å². The van der Waals surface area contributed by atoms with Crippen LogP contribution < -0.4 is 10.6 Å². The van der Waals surface area contributed by atoms with Crippen molar-refractivity contribution in [3.63, 3.8) is 0 Å². The summed E-state index contributed by atoms with van der Waals surface area (Å²) < 4.78 is 22.7. The van der Waals surface area contributed by atoms with Gasteiger partial charge in [0.05, 0.1) is 11.5 Å². The normalized spacial score (nSPS) is 20.1. The van der Waals surface area contributed by atoms with Gasteiger partial charge < -0.3 is 15.5 Å². The smallest absolute Gasteiger partial charge is 0.222 e. The molecule has 0 aliphatic carbocycles. The second kappa shape index (κ2) is 9.54. The van der Waals surface area contributed by atoms with Crippen LogP contribution in [0.25, 0.3) is 0 Å². The zero-order chi connectivity index (χ0) is 17.3. The van der Waals surface area contributed by atoms with E-state index in [9.17, 15) is 13.2 Å². The van der Waals surface area contributed by atoms with Crippen molar-refractivity contribution in [3.05, 3.63) is 12.7 Å². The first kappa shape index (κ1) is 19.5. The Balaban J connectivity index is 2.26. The maximum atomic E-state index is 11.9. The number of carbonyl (C=O) groups is 1. The summed E-state index contributed by atoms with van der Waals surface area (Å²) in [6, 6.07) is -0.242. The van der Waals surface area contributed by atoms with Gasteiger partial charge in [-0.3, -0.25) is 9.79 Å². The maximum Gasteiger partial charge on any atom is 0.222 e. The van der Waals surface area contributed by atoms with Gasteiger partial charge >= 0.3 is 0 Å². The molecule has 1 unspecified atom stereocenters. The molecule has 23 heavy (non-hydrogen) atoms. The number of aliphatic imine (C=N–C) groups is 1. The van der Waals surface area contributed by atoms with Crippen LogP contribution in [0.2, 0.25) is 0 Å². The Bertz CT molecular complexity index is 531. The van der Waals surface area contributed by atoms with E-state index >= 15 is 0 Å². The van der Waals surface area contributed by atoms with Crippen LogP contribution in [-0.4, -0.2) is 69.9 Å². The van der Waals surface area contributed by atoms with E-state index in [2.05, 4.69) is 22.2 Å². The van der Waals surface area contributed by atoms with E-state index in [1.54, 1.807) is 7.05 Å². The van der Waals surface area contributed by atoms with Crippen molar-refractivity contribution in [3.8, 4) is 0 Å². The van der Waals surface area contributed by atoms with Gasteiger partial charge in [-0.1, -0.05) is 6.08 Å². The summed E-state index contributed by atoms with van der Waals surface area (Å²) in [5.74, 6) is 0.827. The topological polar surface area (TPSA) is 90.9 Å². The molecule has 132 valence electrons.